The van der Waals surface area contributed by atoms with Crippen molar-refractivity contribution in [1.82, 2.24) is 15.2 Å². The van der Waals surface area contributed by atoms with Crippen molar-refractivity contribution in [2.24, 2.45) is 18.8 Å². The Morgan fingerprint density at radius 2 is 1.89 bits per heavy atom. The molecule has 4 heteroatoms. The van der Waals surface area contributed by atoms with E-state index in [1.807, 2.05) is 11.7 Å². The lowest BCUT2D eigenvalue weighted by atomic mass is 9.88. The van der Waals surface area contributed by atoms with E-state index in [1.165, 1.54) is 31.4 Å². The van der Waals surface area contributed by atoms with E-state index in [0.29, 0.717) is 12.0 Å². The Morgan fingerprint density at radius 3 is 2.32 bits per heavy atom. The molecule has 0 saturated carbocycles. The van der Waals surface area contributed by atoms with Crippen LogP contribution in [-0.4, -0.2) is 15.8 Å². The molecule has 1 atom stereocenters. The Balaban J connectivity index is 2.75. The van der Waals surface area contributed by atoms with Crippen molar-refractivity contribution < 1.29 is 0 Å². The lowest BCUT2D eigenvalue weighted by molar-refractivity contribution is 0.307. The first kappa shape index (κ1) is 16.2. The van der Waals surface area contributed by atoms with Crippen molar-refractivity contribution in [3.63, 3.8) is 0 Å². The van der Waals surface area contributed by atoms with Crippen molar-refractivity contribution in [1.29, 1.82) is 0 Å². The van der Waals surface area contributed by atoms with Crippen molar-refractivity contribution >= 4 is 0 Å². The molecular formula is C15H30N4. The molecule has 1 aromatic rings. The summed E-state index contributed by atoms with van der Waals surface area (Å²) in [4.78, 5) is 0. The Morgan fingerprint density at radius 1 is 1.26 bits per heavy atom. The van der Waals surface area contributed by atoms with Gasteiger partial charge in [-0.15, -0.1) is 0 Å². The van der Waals surface area contributed by atoms with Crippen molar-refractivity contribution in [2.75, 3.05) is 0 Å². The molecule has 0 aromatic carbocycles. The minimum Gasteiger partial charge on any atom is -0.272 e. The predicted octanol–water partition coefficient (Wildman–Crippen LogP) is 2.57. The van der Waals surface area contributed by atoms with E-state index in [0.717, 1.165) is 18.5 Å². The van der Waals surface area contributed by atoms with Crippen LogP contribution in [0.25, 0.3) is 0 Å². The van der Waals surface area contributed by atoms with Crippen LogP contribution >= 0.6 is 0 Å². The molecule has 3 N–H and O–H groups in total. The van der Waals surface area contributed by atoms with Gasteiger partial charge in [-0.25, -0.2) is 0 Å². The first-order chi connectivity index (χ1) is 9.15. The first-order valence-corrected chi connectivity index (χ1v) is 7.64. The van der Waals surface area contributed by atoms with E-state index >= 15 is 0 Å². The number of nitrogens with one attached hydrogen (secondary N) is 1. The zero-order chi connectivity index (χ0) is 14.3. The quantitative estimate of drug-likeness (QED) is 0.533. The Labute approximate surface area is 117 Å². The molecule has 0 aliphatic heterocycles. The highest BCUT2D eigenvalue weighted by molar-refractivity contribution is 5.11. The lowest BCUT2D eigenvalue weighted by Crippen LogP contribution is -2.42. The second kappa shape index (κ2) is 8.33. The molecule has 1 aromatic heterocycles. The van der Waals surface area contributed by atoms with Crippen LogP contribution in [0.1, 0.15) is 57.8 Å². The summed E-state index contributed by atoms with van der Waals surface area (Å²) < 4.78 is 2.00. The SMILES string of the molecule is CCCC(CCC)C(Cc1cc(CC)nn1C)NN. The van der Waals surface area contributed by atoms with Gasteiger partial charge in [-0.05, 0) is 31.2 Å². The fraction of sp³-hybridized carbons (Fsp3) is 0.800. The Hall–Kier alpha value is -0.870. The van der Waals surface area contributed by atoms with Crippen LogP contribution in [0.2, 0.25) is 0 Å². The van der Waals surface area contributed by atoms with Crippen molar-refractivity contribution in [3.05, 3.63) is 17.5 Å². The molecule has 1 unspecified atom stereocenters. The minimum absolute atomic E-state index is 0.347. The molecule has 1 rings (SSSR count). The molecule has 0 spiro atoms. The third-order valence-electron chi connectivity index (χ3n) is 3.92. The number of aromatic nitrogens is 2. The monoisotopic (exact) mass is 266 g/mol. The van der Waals surface area contributed by atoms with Gasteiger partial charge in [-0.1, -0.05) is 33.6 Å². The Kier molecular flexibility index (Phi) is 7.10. The van der Waals surface area contributed by atoms with Crippen molar-refractivity contribution in [3.8, 4) is 0 Å². The molecule has 0 fully saturated rings. The number of hydrazine groups is 1. The van der Waals surface area contributed by atoms with Gasteiger partial charge in [-0.2, -0.15) is 5.10 Å². The van der Waals surface area contributed by atoms with Crippen LogP contribution in [-0.2, 0) is 19.9 Å². The molecule has 0 aliphatic rings. The van der Waals surface area contributed by atoms with Crippen LogP contribution in [0.4, 0.5) is 0 Å². The summed E-state index contributed by atoms with van der Waals surface area (Å²) in [5.74, 6) is 6.44. The first-order valence-electron chi connectivity index (χ1n) is 7.64. The van der Waals surface area contributed by atoms with Gasteiger partial charge in [0.15, 0.2) is 0 Å². The summed E-state index contributed by atoms with van der Waals surface area (Å²) in [5.41, 5.74) is 5.47. The fourth-order valence-corrected chi connectivity index (χ4v) is 2.81. The maximum Gasteiger partial charge on any atom is 0.0624 e. The molecular weight excluding hydrogens is 236 g/mol. The molecule has 0 amide bonds. The van der Waals surface area contributed by atoms with Gasteiger partial charge in [0.05, 0.1) is 5.69 Å². The second-order valence-electron chi connectivity index (χ2n) is 5.42. The third-order valence-corrected chi connectivity index (χ3v) is 3.92. The average Bonchev–Trinajstić information content (AvgIpc) is 2.76. The summed E-state index contributed by atoms with van der Waals surface area (Å²) >= 11 is 0. The molecule has 0 aliphatic carbocycles. The normalized spacial score (nSPS) is 13.2. The van der Waals surface area contributed by atoms with Crippen LogP contribution in [0, 0.1) is 5.92 Å². The summed E-state index contributed by atoms with van der Waals surface area (Å²) in [5, 5.41) is 4.52. The van der Waals surface area contributed by atoms with Gasteiger partial charge < -0.3 is 0 Å². The molecule has 0 saturated heterocycles. The highest BCUT2D eigenvalue weighted by Crippen LogP contribution is 2.21. The average molecular weight is 266 g/mol. The van der Waals surface area contributed by atoms with E-state index in [2.05, 4.69) is 37.4 Å². The predicted molar refractivity (Wildman–Crippen MR) is 80.7 cm³/mol. The zero-order valence-electron chi connectivity index (χ0n) is 12.9. The van der Waals surface area contributed by atoms with E-state index in [4.69, 9.17) is 5.84 Å². The molecule has 0 bridgehead atoms. The second-order valence-corrected chi connectivity index (χ2v) is 5.42. The molecule has 1 heterocycles. The fourth-order valence-electron chi connectivity index (χ4n) is 2.81. The zero-order valence-corrected chi connectivity index (χ0v) is 12.9. The number of nitrogens with two attached hydrogens (primary N) is 1. The highest BCUT2D eigenvalue weighted by Gasteiger charge is 2.21. The number of rotatable bonds is 9. The highest BCUT2D eigenvalue weighted by atomic mass is 15.3. The summed E-state index contributed by atoms with van der Waals surface area (Å²) in [6, 6.07) is 2.55. The topological polar surface area (TPSA) is 55.9 Å². The van der Waals surface area contributed by atoms with Crippen LogP contribution in [0.5, 0.6) is 0 Å². The maximum absolute atomic E-state index is 5.79. The maximum atomic E-state index is 5.79. The van der Waals surface area contributed by atoms with Gasteiger partial charge in [0.2, 0.25) is 0 Å². The van der Waals surface area contributed by atoms with Crippen molar-refractivity contribution in [2.45, 2.75) is 65.3 Å². The molecule has 4 nitrogen and oxygen atoms in total. The van der Waals surface area contributed by atoms with E-state index in [-0.39, 0.29) is 0 Å². The molecule has 110 valence electrons. The van der Waals surface area contributed by atoms with Gasteiger partial charge in [-0.3, -0.25) is 16.0 Å². The smallest absolute Gasteiger partial charge is 0.0624 e. The Bertz CT molecular complexity index is 353. The summed E-state index contributed by atoms with van der Waals surface area (Å²) in [6.45, 7) is 6.63. The number of hydrogen-bond donors (Lipinski definition) is 2. The number of aryl methyl sites for hydroxylation is 2. The van der Waals surface area contributed by atoms with Gasteiger partial charge in [0.1, 0.15) is 0 Å². The summed E-state index contributed by atoms with van der Waals surface area (Å²) in [6.07, 6.45) is 6.86. The number of nitrogens with zero attached hydrogens (tertiary/aromatic N) is 2. The standard InChI is InChI=1S/C15H30N4/c1-5-8-12(9-6-2)15(17-16)11-14-10-13(7-3)18-19(14)4/h10,12,15,17H,5-9,11,16H2,1-4H3. The van der Waals surface area contributed by atoms with Crippen LogP contribution < -0.4 is 11.3 Å². The lowest BCUT2D eigenvalue weighted by Gasteiger charge is -2.26. The largest absolute Gasteiger partial charge is 0.272 e. The molecule has 0 radical (unpaired) electrons. The van der Waals surface area contributed by atoms with E-state index in [9.17, 15) is 0 Å². The summed E-state index contributed by atoms with van der Waals surface area (Å²) in [7, 11) is 2.02. The minimum atomic E-state index is 0.347. The third kappa shape index (κ3) is 4.62. The van der Waals surface area contributed by atoms with Gasteiger partial charge in [0, 0.05) is 25.2 Å². The molecule has 19 heavy (non-hydrogen) atoms. The van der Waals surface area contributed by atoms with Crippen LogP contribution in [0.3, 0.4) is 0 Å². The number of hydrogen-bond acceptors (Lipinski definition) is 3. The van der Waals surface area contributed by atoms with Gasteiger partial charge >= 0.3 is 0 Å². The van der Waals surface area contributed by atoms with Gasteiger partial charge in [0.25, 0.3) is 0 Å². The van der Waals surface area contributed by atoms with E-state index < -0.39 is 0 Å². The van der Waals surface area contributed by atoms with Crippen LogP contribution in [0.15, 0.2) is 6.07 Å². The van der Waals surface area contributed by atoms with E-state index in [1.54, 1.807) is 0 Å².